The van der Waals surface area contributed by atoms with Crippen LogP contribution in [0.2, 0.25) is 0 Å². The average Bonchev–Trinajstić information content (AvgIpc) is 2.65. The molecule has 0 spiro atoms. The van der Waals surface area contributed by atoms with E-state index in [1.807, 2.05) is 6.07 Å². The predicted octanol–water partition coefficient (Wildman–Crippen LogP) is 2.35. The number of H-pyrrole nitrogens is 1. The number of esters is 1. The number of nitrogens with zero attached hydrogens (tertiary/aromatic N) is 2. The largest absolute Gasteiger partial charge is 0.493 e. The quantitative estimate of drug-likeness (QED) is 0.414. The fraction of sp³-hybridized carbons (Fsp3) is 0.250. The zero-order chi connectivity index (χ0) is 19.3. The Balaban J connectivity index is 2.58. The highest BCUT2D eigenvalue weighted by Crippen LogP contribution is 2.38. The molecule has 1 aromatic carbocycles. The first kappa shape index (κ1) is 19.8. The first-order valence-electron chi connectivity index (χ1n) is 7.11. The van der Waals surface area contributed by atoms with E-state index < -0.39 is 11.5 Å². The number of benzene rings is 1. The Bertz CT molecular complexity index is 939. The molecular weight excluding hydrogens is 426 g/mol. The SMILES string of the molecule is COC(=O)COc1cc(Br)c(-c2nc(SC)[nH]c(=O)c2C#N)cc1OC. The van der Waals surface area contributed by atoms with Crippen molar-refractivity contribution >= 4 is 33.7 Å². The number of ether oxygens (including phenoxy) is 3. The second-order valence-electron chi connectivity index (χ2n) is 4.76. The summed E-state index contributed by atoms with van der Waals surface area (Å²) in [6.07, 6.45) is 1.76. The van der Waals surface area contributed by atoms with Crippen molar-refractivity contribution < 1.29 is 19.0 Å². The van der Waals surface area contributed by atoms with Crippen LogP contribution in [0.5, 0.6) is 11.5 Å². The van der Waals surface area contributed by atoms with E-state index in [1.165, 1.54) is 26.0 Å². The molecular formula is C16H14BrN3O5S. The summed E-state index contributed by atoms with van der Waals surface area (Å²) in [5, 5.41) is 9.70. The summed E-state index contributed by atoms with van der Waals surface area (Å²) in [6, 6.07) is 5.01. The van der Waals surface area contributed by atoms with E-state index >= 15 is 0 Å². The average molecular weight is 440 g/mol. The van der Waals surface area contributed by atoms with Gasteiger partial charge in [-0.25, -0.2) is 9.78 Å². The number of rotatable bonds is 6. The molecule has 136 valence electrons. The number of halogens is 1. The number of aromatic amines is 1. The molecule has 0 saturated heterocycles. The molecule has 0 unspecified atom stereocenters. The molecule has 26 heavy (non-hydrogen) atoms. The highest BCUT2D eigenvalue weighted by Gasteiger charge is 2.19. The van der Waals surface area contributed by atoms with Crippen LogP contribution in [0.1, 0.15) is 5.56 Å². The maximum absolute atomic E-state index is 12.1. The van der Waals surface area contributed by atoms with Gasteiger partial charge in [0.2, 0.25) is 0 Å². The van der Waals surface area contributed by atoms with Gasteiger partial charge in [0.05, 0.1) is 19.9 Å². The Labute approximate surface area is 161 Å². The normalized spacial score (nSPS) is 10.1. The number of methoxy groups -OCH3 is 2. The molecule has 10 heteroatoms. The highest BCUT2D eigenvalue weighted by atomic mass is 79.9. The van der Waals surface area contributed by atoms with E-state index in [-0.39, 0.29) is 17.9 Å². The zero-order valence-corrected chi connectivity index (χ0v) is 16.5. The van der Waals surface area contributed by atoms with Crippen molar-refractivity contribution in [3.05, 3.63) is 32.5 Å². The van der Waals surface area contributed by atoms with Crippen LogP contribution in [0.25, 0.3) is 11.3 Å². The molecule has 1 aromatic heterocycles. The van der Waals surface area contributed by atoms with Gasteiger partial charge in [0.15, 0.2) is 23.3 Å². The lowest BCUT2D eigenvalue weighted by Gasteiger charge is -2.14. The zero-order valence-electron chi connectivity index (χ0n) is 14.1. The smallest absolute Gasteiger partial charge is 0.343 e. The van der Waals surface area contributed by atoms with Crippen molar-refractivity contribution in [3.8, 4) is 28.8 Å². The summed E-state index contributed by atoms with van der Waals surface area (Å²) in [5.41, 5.74) is 0.0445. The maximum atomic E-state index is 12.1. The Kier molecular flexibility index (Phi) is 6.65. The van der Waals surface area contributed by atoms with Crippen molar-refractivity contribution in [1.29, 1.82) is 5.26 Å². The molecule has 0 aliphatic carbocycles. The molecule has 0 fully saturated rings. The van der Waals surface area contributed by atoms with Crippen molar-refractivity contribution in [3.63, 3.8) is 0 Å². The lowest BCUT2D eigenvalue weighted by molar-refractivity contribution is -0.142. The van der Waals surface area contributed by atoms with Gasteiger partial charge in [-0.2, -0.15) is 5.26 Å². The minimum atomic E-state index is -0.542. The summed E-state index contributed by atoms with van der Waals surface area (Å²) in [4.78, 5) is 30.2. The van der Waals surface area contributed by atoms with Crippen LogP contribution in [-0.2, 0) is 9.53 Å². The van der Waals surface area contributed by atoms with Crippen molar-refractivity contribution in [2.24, 2.45) is 0 Å². The molecule has 0 bridgehead atoms. The minimum absolute atomic E-state index is 0.117. The Morgan fingerprint density at radius 1 is 1.38 bits per heavy atom. The van der Waals surface area contributed by atoms with Gasteiger partial charge in [-0.3, -0.25) is 4.79 Å². The van der Waals surface area contributed by atoms with Gasteiger partial charge in [0.25, 0.3) is 5.56 Å². The van der Waals surface area contributed by atoms with Crippen LogP contribution in [-0.4, -0.2) is 43.0 Å². The van der Waals surface area contributed by atoms with E-state index in [0.29, 0.717) is 26.7 Å². The Morgan fingerprint density at radius 3 is 2.69 bits per heavy atom. The van der Waals surface area contributed by atoms with Crippen molar-refractivity contribution in [2.75, 3.05) is 27.1 Å². The molecule has 0 radical (unpaired) electrons. The molecule has 2 aromatic rings. The number of nitrogens with one attached hydrogen (secondary N) is 1. The van der Waals surface area contributed by atoms with E-state index in [9.17, 15) is 14.9 Å². The molecule has 1 N–H and O–H groups in total. The summed E-state index contributed by atoms with van der Waals surface area (Å²) < 4.78 is 15.7. The van der Waals surface area contributed by atoms with E-state index in [1.54, 1.807) is 18.4 Å². The third-order valence-corrected chi connectivity index (χ3v) is 4.52. The topological polar surface area (TPSA) is 114 Å². The fourth-order valence-electron chi connectivity index (χ4n) is 2.03. The number of thioether (sulfide) groups is 1. The monoisotopic (exact) mass is 439 g/mol. The van der Waals surface area contributed by atoms with E-state index in [0.717, 1.165) is 0 Å². The molecule has 0 atom stereocenters. The van der Waals surface area contributed by atoms with Gasteiger partial charge >= 0.3 is 5.97 Å². The van der Waals surface area contributed by atoms with E-state index in [2.05, 4.69) is 30.6 Å². The van der Waals surface area contributed by atoms with Crippen molar-refractivity contribution in [1.82, 2.24) is 9.97 Å². The minimum Gasteiger partial charge on any atom is -0.493 e. The number of aromatic nitrogens is 2. The number of hydrogen-bond donors (Lipinski definition) is 1. The van der Waals surface area contributed by atoms with Crippen molar-refractivity contribution in [2.45, 2.75) is 5.16 Å². The molecule has 0 aliphatic heterocycles. The fourth-order valence-corrected chi connectivity index (χ4v) is 2.92. The number of hydrogen-bond acceptors (Lipinski definition) is 8. The molecule has 0 amide bonds. The van der Waals surface area contributed by atoms with Crippen LogP contribution in [0, 0.1) is 11.3 Å². The molecule has 0 saturated carbocycles. The first-order chi connectivity index (χ1) is 12.4. The van der Waals surface area contributed by atoms with Gasteiger partial charge < -0.3 is 19.2 Å². The van der Waals surface area contributed by atoms with E-state index in [4.69, 9.17) is 9.47 Å². The molecule has 2 rings (SSSR count). The van der Waals surface area contributed by atoms with Gasteiger partial charge in [-0.15, -0.1) is 0 Å². The first-order valence-corrected chi connectivity index (χ1v) is 9.12. The number of nitriles is 1. The van der Waals surface area contributed by atoms with Crippen LogP contribution < -0.4 is 15.0 Å². The summed E-state index contributed by atoms with van der Waals surface area (Å²) in [5.74, 6) is 0.0608. The lowest BCUT2D eigenvalue weighted by Crippen LogP contribution is -2.15. The number of carbonyl (C=O) groups is 1. The van der Waals surface area contributed by atoms with Gasteiger partial charge in [0, 0.05) is 10.0 Å². The van der Waals surface area contributed by atoms with Crippen LogP contribution in [0.4, 0.5) is 0 Å². The van der Waals surface area contributed by atoms with Gasteiger partial charge in [0.1, 0.15) is 11.6 Å². The van der Waals surface area contributed by atoms with Crippen LogP contribution >= 0.6 is 27.7 Å². The third kappa shape index (κ3) is 4.17. The Hall–Kier alpha value is -2.51. The van der Waals surface area contributed by atoms with Crippen LogP contribution in [0.15, 0.2) is 26.6 Å². The highest BCUT2D eigenvalue weighted by molar-refractivity contribution is 9.10. The second kappa shape index (κ2) is 8.73. The maximum Gasteiger partial charge on any atom is 0.343 e. The summed E-state index contributed by atoms with van der Waals surface area (Å²) in [7, 11) is 2.69. The third-order valence-electron chi connectivity index (χ3n) is 3.28. The molecule has 0 aliphatic rings. The summed E-state index contributed by atoms with van der Waals surface area (Å²) >= 11 is 4.63. The van der Waals surface area contributed by atoms with Crippen LogP contribution in [0.3, 0.4) is 0 Å². The lowest BCUT2D eigenvalue weighted by atomic mass is 10.1. The number of carbonyl (C=O) groups excluding carboxylic acids is 1. The standard InChI is InChI=1S/C16H14BrN3O5S/c1-23-11-4-8(10(17)5-12(11)25-7-13(21)24-2)14-9(6-18)15(22)20-16(19-14)26-3/h4-5H,7H2,1-3H3,(H,19,20,22). The molecule has 8 nitrogen and oxygen atoms in total. The second-order valence-corrected chi connectivity index (χ2v) is 6.41. The Morgan fingerprint density at radius 2 is 2.12 bits per heavy atom. The summed E-state index contributed by atoms with van der Waals surface area (Å²) in [6.45, 7) is -0.290. The van der Waals surface area contributed by atoms with Gasteiger partial charge in [-0.1, -0.05) is 11.8 Å². The predicted molar refractivity (Wildman–Crippen MR) is 98.6 cm³/mol. The molecule has 1 heterocycles. The van der Waals surface area contributed by atoms with Gasteiger partial charge in [-0.05, 0) is 34.3 Å².